The van der Waals surface area contributed by atoms with E-state index in [1.165, 1.54) is 0 Å². The monoisotopic (exact) mass is 410 g/mol. The molecule has 140 valence electrons. The number of hydrogen-bond acceptors (Lipinski definition) is 2. The summed E-state index contributed by atoms with van der Waals surface area (Å²) < 4.78 is 5.98. The van der Waals surface area contributed by atoms with Gasteiger partial charge in [0.05, 0.1) is 16.5 Å². The van der Waals surface area contributed by atoms with Gasteiger partial charge in [0.1, 0.15) is 11.3 Å². The molecule has 4 rings (SSSR count). The zero-order valence-corrected chi connectivity index (χ0v) is 16.3. The molecule has 28 heavy (non-hydrogen) atoms. The highest BCUT2D eigenvalue weighted by Crippen LogP contribution is 2.31. The lowest BCUT2D eigenvalue weighted by molar-refractivity contribution is -0.136. The molecule has 0 spiro atoms. The third-order valence-electron chi connectivity index (χ3n) is 4.65. The van der Waals surface area contributed by atoms with Gasteiger partial charge in [-0.1, -0.05) is 71.7 Å². The molecule has 0 fully saturated rings. The highest BCUT2D eigenvalue weighted by atomic mass is 35.5. The zero-order valence-electron chi connectivity index (χ0n) is 14.8. The van der Waals surface area contributed by atoms with Gasteiger partial charge in [0.15, 0.2) is 0 Å². The molecule has 3 aromatic carbocycles. The fourth-order valence-corrected chi connectivity index (χ4v) is 3.66. The molecule has 4 aromatic rings. The lowest BCUT2D eigenvalue weighted by atomic mass is 9.99. The largest absolute Gasteiger partial charge is 0.481 e. The SMILES string of the molecule is O=C(O)Cc1c(Cc2cccc(-c3ccc(Cl)c(Cl)c3)c2)oc2ccccc12. The maximum absolute atomic E-state index is 11.3. The number of rotatable bonds is 5. The fourth-order valence-electron chi connectivity index (χ4n) is 3.36. The highest BCUT2D eigenvalue weighted by Gasteiger charge is 2.17. The van der Waals surface area contributed by atoms with Crippen LogP contribution < -0.4 is 0 Å². The Morgan fingerprint density at radius 3 is 2.46 bits per heavy atom. The van der Waals surface area contributed by atoms with Crippen molar-refractivity contribution in [3.05, 3.63) is 93.7 Å². The molecule has 0 aliphatic carbocycles. The first kappa shape index (κ1) is 18.6. The average Bonchev–Trinajstić information content (AvgIpc) is 3.01. The lowest BCUT2D eigenvalue weighted by Crippen LogP contribution is -2.02. The van der Waals surface area contributed by atoms with E-state index < -0.39 is 5.97 Å². The number of fused-ring (bicyclic) bond motifs is 1. The first-order chi connectivity index (χ1) is 13.5. The van der Waals surface area contributed by atoms with Crippen LogP contribution in [0.1, 0.15) is 16.9 Å². The molecule has 0 unspecified atom stereocenters. The average molecular weight is 411 g/mol. The summed E-state index contributed by atoms with van der Waals surface area (Å²) in [6.45, 7) is 0. The Labute approximate surface area is 172 Å². The Hall–Kier alpha value is -2.75. The van der Waals surface area contributed by atoms with Crippen molar-refractivity contribution in [2.45, 2.75) is 12.8 Å². The predicted molar refractivity (Wildman–Crippen MR) is 112 cm³/mol. The number of carbonyl (C=O) groups is 1. The van der Waals surface area contributed by atoms with Crippen molar-refractivity contribution in [2.24, 2.45) is 0 Å². The van der Waals surface area contributed by atoms with Crippen LogP contribution in [0.3, 0.4) is 0 Å². The van der Waals surface area contributed by atoms with Crippen LogP contribution in [0.25, 0.3) is 22.1 Å². The van der Waals surface area contributed by atoms with E-state index in [4.69, 9.17) is 27.6 Å². The van der Waals surface area contributed by atoms with Gasteiger partial charge in [0, 0.05) is 17.4 Å². The number of halogens is 2. The third kappa shape index (κ3) is 3.77. The second kappa shape index (κ2) is 7.70. The molecule has 0 bridgehead atoms. The number of benzene rings is 3. The number of carboxylic acids is 1. The van der Waals surface area contributed by atoms with Crippen LogP contribution in [0.5, 0.6) is 0 Å². The Bertz CT molecular complexity index is 1180. The van der Waals surface area contributed by atoms with Gasteiger partial charge in [-0.15, -0.1) is 0 Å². The van der Waals surface area contributed by atoms with Gasteiger partial charge in [-0.3, -0.25) is 4.79 Å². The van der Waals surface area contributed by atoms with Gasteiger partial charge in [0.2, 0.25) is 0 Å². The summed E-state index contributed by atoms with van der Waals surface area (Å²) in [5.74, 6) is -0.202. The van der Waals surface area contributed by atoms with Crippen molar-refractivity contribution in [3.63, 3.8) is 0 Å². The van der Waals surface area contributed by atoms with Crippen molar-refractivity contribution in [3.8, 4) is 11.1 Å². The molecule has 0 saturated carbocycles. The number of hydrogen-bond donors (Lipinski definition) is 1. The molecule has 0 amide bonds. The quantitative estimate of drug-likeness (QED) is 0.401. The Kier molecular flexibility index (Phi) is 5.12. The maximum atomic E-state index is 11.3. The van der Waals surface area contributed by atoms with Crippen LogP contribution in [-0.4, -0.2) is 11.1 Å². The second-order valence-corrected chi connectivity index (χ2v) is 7.39. The summed E-state index contributed by atoms with van der Waals surface area (Å²) in [4.78, 5) is 11.3. The number of para-hydroxylation sites is 1. The van der Waals surface area contributed by atoms with Gasteiger partial charge < -0.3 is 9.52 Å². The van der Waals surface area contributed by atoms with Gasteiger partial charge in [0.25, 0.3) is 0 Å². The molecule has 0 atom stereocenters. The van der Waals surface area contributed by atoms with Gasteiger partial charge in [-0.25, -0.2) is 0 Å². The zero-order chi connectivity index (χ0) is 19.7. The number of carboxylic acid groups (broad SMARTS) is 1. The molecular weight excluding hydrogens is 395 g/mol. The molecule has 1 aromatic heterocycles. The predicted octanol–water partition coefficient (Wildman–Crippen LogP) is 6.62. The van der Waals surface area contributed by atoms with Crippen LogP contribution in [-0.2, 0) is 17.6 Å². The van der Waals surface area contributed by atoms with E-state index in [1.807, 2.05) is 54.6 Å². The summed E-state index contributed by atoms with van der Waals surface area (Å²) in [7, 11) is 0. The minimum Gasteiger partial charge on any atom is -0.481 e. The summed E-state index contributed by atoms with van der Waals surface area (Å²) in [6, 6.07) is 21.1. The van der Waals surface area contributed by atoms with E-state index in [-0.39, 0.29) is 6.42 Å². The summed E-state index contributed by atoms with van der Waals surface area (Å²) in [5, 5.41) is 11.2. The Morgan fingerprint density at radius 1 is 0.893 bits per heavy atom. The molecule has 0 aliphatic rings. The Balaban J connectivity index is 1.72. The number of furan rings is 1. The maximum Gasteiger partial charge on any atom is 0.307 e. The van der Waals surface area contributed by atoms with Gasteiger partial charge in [-0.2, -0.15) is 0 Å². The lowest BCUT2D eigenvalue weighted by Gasteiger charge is -2.07. The van der Waals surface area contributed by atoms with Crippen molar-refractivity contribution in [2.75, 3.05) is 0 Å². The van der Waals surface area contributed by atoms with E-state index in [2.05, 4.69) is 6.07 Å². The van der Waals surface area contributed by atoms with E-state index >= 15 is 0 Å². The van der Waals surface area contributed by atoms with Gasteiger partial charge >= 0.3 is 5.97 Å². The van der Waals surface area contributed by atoms with Crippen LogP contribution in [0.15, 0.2) is 71.1 Å². The third-order valence-corrected chi connectivity index (χ3v) is 5.39. The molecule has 0 aliphatic heterocycles. The first-order valence-electron chi connectivity index (χ1n) is 8.76. The van der Waals surface area contributed by atoms with Crippen molar-refractivity contribution < 1.29 is 14.3 Å². The second-order valence-electron chi connectivity index (χ2n) is 6.58. The first-order valence-corrected chi connectivity index (χ1v) is 9.52. The smallest absolute Gasteiger partial charge is 0.307 e. The summed E-state index contributed by atoms with van der Waals surface area (Å²) in [5.41, 5.74) is 4.42. The van der Waals surface area contributed by atoms with Crippen LogP contribution in [0.4, 0.5) is 0 Å². The van der Waals surface area contributed by atoms with Crippen LogP contribution in [0, 0.1) is 0 Å². The Morgan fingerprint density at radius 2 is 1.68 bits per heavy atom. The van der Waals surface area contributed by atoms with Crippen molar-refractivity contribution in [1.29, 1.82) is 0 Å². The molecule has 0 saturated heterocycles. The molecule has 1 N–H and O–H groups in total. The number of aliphatic carboxylic acids is 1. The van der Waals surface area contributed by atoms with E-state index in [1.54, 1.807) is 6.07 Å². The molecule has 5 heteroatoms. The van der Waals surface area contributed by atoms with E-state index in [0.29, 0.717) is 27.8 Å². The fraction of sp³-hybridized carbons (Fsp3) is 0.0870. The van der Waals surface area contributed by atoms with Crippen molar-refractivity contribution in [1.82, 2.24) is 0 Å². The normalized spacial score (nSPS) is 11.1. The summed E-state index contributed by atoms with van der Waals surface area (Å²) in [6.07, 6.45) is 0.436. The summed E-state index contributed by atoms with van der Waals surface area (Å²) >= 11 is 12.2. The highest BCUT2D eigenvalue weighted by molar-refractivity contribution is 6.42. The standard InChI is InChI=1S/C23H16Cl2O3/c24-19-9-8-16(12-20(19)25)15-5-3-4-14(10-15)11-22-18(13-23(26)27)17-6-1-2-7-21(17)28-22/h1-10,12H,11,13H2,(H,26,27). The molecule has 0 radical (unpaired) electrons. The van der Waals surface area contributed by atoms with Gasteiger partial charge in [-0.05, 0) is 34.9 Å². The minimum atomic E-state index is -0.877. The van der Waals surface area contributed by atoms with Crippen LogP contribution >= 0.6 is 23.2 Å². The van der Waals surface area contributed by atoms with E-state index in [0.717, 1.165) is 27.6 Å². The van der Waals surface area contributed by atoms with Crippen molar-refractivity contribution >= 4 is 40.1 Å². The molecular formula is C23H16Cl2O3. The molecule has 1 heterocycles. The van der Waals surface area contributed by atoms with E-state index in [9.17, 15) is 9.90 Å². The molecule has 3 nitrogen and oxygen atoms in total. The minimum absolute atomic E-state index is 0.0706. The topological polar surface area (TPSA) is 50.4 Å². The van der Waals surface area contributed by atoms with Crippen LogP contribution in [0.2, 0.25) is 10.0 Å².